The minimum atomic E-state index is -4.46. The van der Waals surface area contributed by atoms with E-state index in [0.29, 0.717) is 5.69 Å². The van der Waals surface area contributed by atoms with Gasteiger partial charge in [-0.1, -0.05) is 12.1 Å². The lowest BCUT2D eigenvalue weighted by molar-refractivity contribution is -0.137. The first-order valence-electron chi connectivity index (χ1n) is 5.45. The van der Waals surface area contributed by atoms with Crippen molar-refractivity contribution >= 4 is 5.69 Å². The molecule has 2 rings (SSSR count). The van der Waals surface area contributed by atoms with Gasteiger partial charge in [-0.25, -0.2) is 0 Å². The van der Waals surface area contributed by atoms with Crippen molar-refractivity contribution in [2.24, 2.45) is 0 Å². The molecule has 19 heavy (non-hydrogen) atoms. The van der Waals surface area contributed by atoms with E-state index in [1.165, 1.54) is 6.20 Å². The van der Waals surface area contributed by atoms with Crippen LogP contribution in [0.5, 0.6) is 0 Å². The number of nitrogens with two attached hydrogens (primary N) is 1. The molecule has 2 aromatic rings. The number of nitrogens with zero attached hydrogens (tertiary/aromatic N) is 1. The van der Waals surface area contributed by atoms with Gasteiger partial charge in [-0.2, -0.15) is 13.2 Å². The topological polar surface area (TPSA) is 59.1 Å². The summed E-state index contributed by atoms with van der Waals surface area (Å²) in [6.07, 6.45) is -4.12. The zero-order chi connectivity index (χ0) is 14.0. The molecule has 100 valence electrons. The Bertz CT molecular complexity index is 570. The highest BCUT2D eigenvalue weighted by Crippen LogP contribution is 2.33. The number of nitrogen functional groups attached to an aromatic ring is 1. The van der Waals surface area contributed by atoms with Crippen molar-refractivity contribution in [3.05, 3.63) is 59.4 Å². The molecule has 0 saturated heterocycles. The molecule has 0 amide bonds. The number of aliphatic hydroxyl groups is 1. The molecule has 0 spiro atoms. The van der Waals surface area contributed by atoms with E-state index >= 15 is 0 Å². The Morgan fingerprint density at radius 2 is 1.89 bits per heavy atom. The Morgan fingerprint density at radius 3 is 2.42 bits per heavy atom. The van der Waals surface area contributed by atoms with Crippen LogP contribution < -0.4 is 5.73 Å². The van der Waals surface area contributed by atoms with E-state index in [9.17, 15) is 18.3 Å². The Morgan fingerprint density at radius 1 is 1.16 bits per heavy atom. The van der Waals surface area contributed by atoms with Gasteiger partial charge in [-0.05, 0) is 24.3 Å². The van der Waals surface area contributed by atoms with Crippen LogP contribution in [0, 0.1) is 0 Å². The van der Waals surface area contributed by atoms with Gasteiger partial charge in [0.05, 0.1) is 11.3 Å². The summed E-state index contributed by atoms with van der Waals surface area (Å²) in [5, 5.41) is 10.0. The maximum Gasteiger partial charge on any atom is 0.416 e. The van der Waals surface area contributed by atoms with Crippen LogP contribution in [0.4, 0.5) is 18.9 Å². The Hall–Kier alpha value is -2.08. The lowest BCUT2D eigenvalue weighted by atomic mass is 10.0. The molecule has 0 aliphatic heterocycles. The predicted molar refractivity (Wildman–Crippen MR) is 64.2 cm³/mol. The van der Waals surface area contributed by atoms with E-state index in [1.807, 2.05) is 0 Å². The number of benzene rings is 1. The molecular weight excluding hydrogens is 257 g/mol. The van der Waals surface area contributed by atoms with Crippen LogP contribution in [0.3, 0.4) is 0 Å². The molecule has 0 aliphatic carbocycles. The first-order valence-corrected chi connectivity index (χ1v) is 5.45. The highest BCUT2D eigenvalue weighted by molar-refractivity contribution is 5.52. The van der Waals surface area contributed by atoms with E-state index < -0.39 is 17.8 Å². The third kappa shape index (κ3) is 2.85. The summed E-state index contributed by atoms with van der Waals surface area (Å²) in [7, 11) is 0. The maximum absolute atomic E-state index is 12.5. The molecule has 0 saturated carbocycles. The molecule has 3 N–H and O–H groups in total. The van der Waals surface area contributed by atoms with Crippen molar-refractivity contribution in [2.75, 3.05) is 5.73 Å². The lowest BCUT2D eigenvalue weighted by Gasteiger charge is -2.15. The molecule has 0 aliphatic rings. The van der Waals surface area contributed by atoms with E-state index in [1.54, 1.807) is 18.2 Å². The lowest BCUT2D eigenvalue weighted by Crippen LogP contribution is -2.09. The monoisotopic (exact) mass is 268 g/mol. The normalized spacial score (nSPS) is 13.3. The largest absolute Gasteiger partial charge is 0.416 e. The molecule has 1 aromatic heterocycles. The molecular formula is C13H11F3N2O. The maximum atomic E-state index is 12.5. The Labute approximate surface area is 107 Å². The molecule has 3 nitrogen and oxygen atoms in total. The fraction of sp³-hybridized carbons (Fsp3) is 0.154. The van der Waals surface area contributed by atoms with Gasteiger partial charge in [0.25, 0.3) is 0 Å². The fourth-order valence-corrected chi connectivity index (χ4v) is 1.70. The highest BCUT2D eigenvalue weighted by atomic mass is 19.4. The standard InChI is InChI=1S/C13H11F3N2O/c14-13(15,16)8-4-5-9(10(17)7-8)12(19)11-3-1-2-6-18-11/h1-7,12,19H,17H2. The number of aliphatic hydroxyl groups excluding tert-OH is 1. The summed E-state index contributed by atoms with van der Waals surface area (Å²) in [5.74, 6) is 0. The molecule has 1 aromatic carbocycles. The summed E-state index contributed by atoms with van der Waals surface area (Å²) < 4.78 is 37.5. The molecule has 0 bridgehead atoms. The number of rotatable bonds is 2. The van der Waals surface area contributed by atoms with Crippen molar-refractivity contribution in [1.82, 2.24) is 4.98 Å². The predicted octanol–water partition coefficient (Wildman–Crippen LogP) is 2.76. The van der Waals surface area contributed by atoms with Crippen molar-refractivity contribution in [3.8, 4) is 0 Å². The van der Waals surface area contributed by atoms with Gasteiger partial charge >= 0.3 is 6.18 Å². The van der Waals surface area contributed by atoms with Crippen LogP contribution >= 0.6 is 0 Å². The van der Waals surface area contributed by atoms with Crippen molar-refractivity contribution in [1.29, 1.82) is 0 Å². The molecule has 1 unspecified atom stereocenters. The number of hydrogen-bond acceptors (Lipinski definition) is 3. The van der Waals surface area contributed by atoms with Crippen LogP contribution in [0.15, 0.2) is 42.6 Å². The van der Waals surface area contributed by atoms with Crippen LogP contribution in [-0.4, -0.2) is 10.1 Å². The first kappa shape index (κ1) is 13.4. The SMILES string of the molecule is Nc1cc(C(F)(F)F)ccc1C(O)c1ccccn1. The zero-order valence-corrected chi connectivity index (χ0v) is 9.72. The molecule has 0 radical (unpaired) electrons. The third-order valence-corrected chi connectivity index (χ3v) is 2.68. The number of aromatic nitrogens is 1. The fourth-order valence-electron chi connectivity index (χ4n) is 1.70. The van der Waals surface area contributed by atoms with Crippen LogP contribution in [-0.2, 0) is 6.18 Å². The number of pyridine rings is 1. The van der Waals surface area contributed by atoms with Crippen molar-refractivity contribution < 1.29 is 18.3 Å². The second-order valence-corrected chi connectivity index (χ2v) is 4.00. The summed E-state index contributed by atoms with van der Waals surface area (Å²) in [6.45, 7) is 0. The molecule has 1 atom stereocenters. The second kappa shape index (κ2) is 4.89. The summed E-state index contributed by atoms with van der Waals surface area (Å²) >= 11 is 0. The van der Waals surface area contributed by atoms with Gasteiger partial charge in [0.15, 0.2) is 0 Å². The second-order valence-electron chi connectivity index (χ2n) is 4.00. The average molecular weight is 268 g/mol. The summed E-state index contributed by atoms with van der Waals surface area (Å²) in [5.41, 5.74) is 5.13. The Balaban J connectivity index is 2.37. The summed E-state index contributed by atoms with van der Waals surface area (Å²) in [4.78, 5) is 3.94. The van der Waals surface area contributed by atoms with Crippen molar-refractivity contribution in [3.63, 3.8) is 0 Å². The molecule has 0 fully saturated rings. The Kier molecular flexibility index (Phi) is 3.44. The van der Waals surface area contributed by atoms with E-state index in [0.717, 1.165) is 18.2 Å². The highest BCUT2D eigenvalue weighted by Gasteiger charge is 2.31. The first-order chi connectivity index (χ1) is 8.89. The van der Waals surface area contributed by atoms with Gasteiger partial charge in [-0.15, -0.1) is 0 Å². The van der Waals surface area contributed by atoms with E-state index in [4.69, 9.17) is 5.73 Å². The van der Waals surface area contributed by atoms with Gasteiger partial charge in [0.1, 0.15) is 6.10 Å². The van der Waals surface area contributed by atoms with Gasteiger partial charge in [0, 0.05) is 17.4 Å². The van der Waals surface area contributed by atoms with Gasteiger partial charge in [0.2, 0.25) is 0 Å². The summed E-state index contributed by atoms with van der Waals surface area (Å²) in [6, 6.07) is 7.77. The number of anilines is 1. The van der Waals surface area contributed by atoms with Crippen LogP contribution in [0.1, 0.15) is 22.9 Å². The van der Waals surface area contributed by atoms with Gasteiger partial charge < -0.3 is 10.8 Å². The zero-order valence-electron chi connectivity index (χ0n) is 9.72. The van der Waals surface area contributed by atoms with Gasteiger partial charge in [-0.3, -0.25) is 4.98 Å². The number of halogens is 3. The van der Waals surface area contributed by atoms with Crippen LogP contribution in [0.2, 0.25) is 0 Å². The quantitative estimate of drug-likeness (QED) is 0.823. The van der Waals surface area contributed by atoms with Crippen molar-refractivity contribution in [2.45, 2.75) is 12.3 Å². The minimum Gasteiger partial charge on any atom is -0.398 e. The average Bonchev–Trinajstić information content (AvgIpc) is 2.38. The van der Waals surface area contributed by atoms with E-state index in [-0.39, 0.29) is 11.3 Å². The smallest absolute Gasteiger partial charge is 0.398 e. The minimum absolute atomic E-state index is 0.118. The number of alkyl halides is 3. The molecule has 6 heteroatoms. The molecule has 1 heterocycles. The third-order valence-electron chi connectivity index (χ3n) is 2.68. The van der Waals surface area contributed by atoms with E-state index in [2.05, 4.69) is 4.98 Å². The number of hydrogen-bond donors (Lipinski definition) is 2. The van der Waals surface area contributed by atoms with Crippen LogP contribution in [0.25, 0.3) is 0 Å².